The van der Waals surface area contributed by atoms with Gasteiger partial charge in [0.05, 0.1) is 18.3 Å². The molecule has 1 aromatic heterocycles. The summed E-state index contributed by atoms with van der Waals surface area (Å²) in [6, 6.07) is 8.36. The average Bonchev–Trinajstić information content (AvgIpc) is 2.96. The van der Waals surface area contributed by atoms with E-state index >= 15 is 0 Å². The van der Waals surface area contributed by atoms with Crippen molar-refractivity contribution in [3.63, 3.8) is 0 Å². The highest BCUT2D eigenvalue weighted by Gasteiger charge is 2.33. The van der Waals surface area contributed by atoms with E-state index in [9.17, 15) is 9.59 Å². The van der Waals surface area contributed by atoms with E-state index in [1.807, 2.05) is 44.5 Å². The molecule has 172 valence electrons. The minimum absolute atomic E-state index is 0.0931. The molecule has 7 nitrogen and oxygen atoms in total. The number of benzene rings is 1. The summed E-state index contributed by atoms with van der Waals surface area (Å²) in [4.78, 5) is 28.3. The van der Waals surface area contributed by atoms with Crippen LogP contribution >= 0.6 is 11.8 Å². The van der Waals surface area contributed by atoms with Gasteiger partial charge in [-0.25, -0.2) is 9.59 Å². The van der Waals surface area contributed by atoms with Crippen LogP contribution in [0, 0.1) is 0 Å². The van der Waals surface area contributed by atoms with Crippen LogP contribution in [0.1, 0.15) is 69.1 Å². The molecule has 1 saturated heterocycles. The van der Waals surface area contributed by atoms with E-state index in [2.05, 4.69) is 12.1 Å². The molecule has 1 fully saturated rings. The first-order valence-electron chi connectivity index (χ1n) is 11.3. The Balaban J connectivity index is 1.65. The zero-order chi connectivity index (χ0) is 22.9. The number of hydrogen-bond donors (Lipinski definition) is 0. The van der Waals surface area contributed by atoms with E-state index in [1.165, 1.54) is 4.90 Å². The van der Waals surface area contributed by atoms with Crippen molar-refractivity contribution < 1.29 is 19.1 Å². The zero-order valence-electron chi connectivity index (χ0n) is 19.2. The standard InChI is InChI=1S/C24H31N3O4S/c1-5-30-22(28)20-18-15-32-19-11-7-6-10-17(19)21(18)27(25-20)16-9-8-13-26(14-12-16)23(29)31-24(2,3)4/h6-7,10-11,16H,5,8-9,12-15H2,1-4H3. The number of thioether (sulfide) groups is 1. The Labute approximate surface area is 193 Å². The molecule has 4 rings (SSSR count). The lowest BCUT2D eigenvalue weighted by atomic mass is 10.0. The topological polar surface area (TPSA) is 73.7 Å². The molecule has 1 atom stereocenters. The lowest BCUT2D eigenvalue weighted by Crippen LogP contribution is -2.37. The molecule has 0 aliphatic carbocycles. The van der Waals surface area contributed by atoms with Crippen LogP contribution < -0.4 is 0 Å². The highest BCUT2D eigenvalue weighted by atomic mass is 32.2. The quantitative estimate of drug-likeness (QED) is 0.583. The number of esters is 1. The van der Waals surface area contributed by atoms with Gasteiger partial charge in [0.2, 0.25) is 0 Å². The maximum atomic E-state index is 12.7. The summed E-state index contributed by atoms with van der Waals surface area (Å²) in [5.74, 6) is 0.323. The predicted octanol–water partition coefficient (Wildman–Crippen LogP) is 5.29. The monoisotopic (exact) mass is 457 g/mol. The lowest BCUT2D eigenvalue weighted by molar-refractivity contribution is 0.0255. The van der Waals surface area contributed by atoms with Crippen LogP contribution in [-0.2, 0) is 15.2 Å². The molecule has 2 aliphatic rings. The molecule has 2 aliphatic heterocycles. The number of hydrogen-bond acceptors (Lipinski definition) is 6. The smallest absolute Gasteiger partial charge is 0.410 e. The second-order valence-electron chi connectivity index (χ2n) is 9.18. The van der Waals surface area contributed by atoms with Crippen LogP contribution in [0.2, 0.25) is 0 Å². The predicted molar refractivity (Wildman–Crippen MR) is 124 cm³/mol. The van der Waals surface area contributed by atoms with E-state index in [-0.39, 0.29) is 18.1 Å². The Kier molecular flexibility index (Phi) is 6.51. The molecule has 2 aromatic rings. The summed E-state index contributed by atoms with van der Waals surface area (Å²) >= 11 is 1.72. The first-order valence-corrected chi connectivity index (χ1v) is 12.3. The van der Waals surface area contributed by atoms with Crippen molar-refractivity contribution in [2.45, 2.75) is 69.2 Å². The number of rotatable bonds is 3. The fourth-order valence-electron chi connectivity index (χ4n) is 4.29. The maximum Gasteiger partial charge on any atom is 0.410 e. The summed E-state index contributed by atoms with van der Waals surface area (Å²) in [5.41, 5.74) is 2.96. The first kappa shape index (κ1) is 22.7. The third-order valence-corrected chi connectivity index (χ3v) is 6.79. The van der Waals surface area contributed by atoms with Crippen molar-refractivity contribution in [3.8, 4) is 11.3 Å². The summed E-state index contributed by atoms with van der Waals surface area (Å²) in [5, 5.41) is 4.80. The number of carbonyl (C=O) groups is 2. The van der Waals surface area contributed by atoms with Gasteiger partial charge in [-0.1, -0.05) is 18.2 Å². The number of likely N-dealkylation sites (tertiary alicyclic amines) is 1. The Morgan fingerprint density at radius 1 is 1.19 bits per heavy atom. The number of carbonyl (C=O) groups excluding carboxylic acids is 2. The molecule has 1 aromatic carbocycles. The van der Waals surface area contributed by atoms with Gasteiger partial charge in [-0.3, -0.25) is 4.68 Å². The van der Waals surface area contributed by atoms with Crippen LogP contribution in [0.25, 0.3) is 11.3 Å². The Morgan fingerprint density at radius 3 is 2.72 bits per heavy atom. The molecule has 0 N–H and O–H groups in total. The first-order chi connectivity index (χ1) is 15.3. The average molecular weight is 458 g/mol. The molecule has 1 amide bonds. The van der Waals surface area contributed by atoms with Crippen molar-refractivity contribution in [1.82, 2.24) is 14.7 Å². The van der Waals surface area contributed by atoms with Gasteiger partial charge in [0.25, 0.3) is 0 Å². The van der Waals surface area contributed by atoms with Crippen LogP contribution in [-0.4, -0.2) is 52.0 Å². The number of amides is 1. The van der Waals surface area contributed by atoms with Crippen molar-refractivity contribution in [3.05, 3.63) is 35.5 Å². The molecule has 1 unspecified atom stereocenters. The van der Waals surface area contributed by atoms with Crippen molar-refractivity contribution >= 4 is 23.8 Å². The van der Waals surface area contributed by atoms with Crippen molar-refractivity contribution in [2.24, 2.45) is 0 Å². The van der Waals surface area contributed by atoms with E-state index < -0.39 is 5.60 Å². The number of ether oxygens (including phenoxy) is 2. The van der Waals surface area contributed by atoms with Gasteiger partial charge >= 0.3 is 12.1 Å². The van der Waals surface area contributed by atoms with Crippen LogP contribution in [0.3, 0.4) is 0 Å². The molecule has 0 radical (unpaired) electrons. The number of aromatic nitrogens is 2. The van der Waals surface area contributed by atoms with Gasteiger partial charge < -0.3 is 14.4 Å². The van der Waals surface area contributed by atoms with Crippen LogP contribution in [0.15, 0.2) is 29.2 Å². The molecule has 0 bridgehead atoms. The number of nitrogens with zero attached hydrogens (tertiary/aromatic N) is 3. The lowest BCUT2D eigenvalue weighted by Gasteiger charge is -2.26. The molecule has 0 spiro atoms. The van der Waals surface area contributed by atoms with E-state index in [0.29, 0.717) is 31.1 Å². The summed E-state index contributed by atoms with van der Waals surface area (Å²) in [7, 11) is 0. The molecule has 3 heterocycles. The van der Waals surface area contributed by atoms with E-state index in [1.54, 1.807) is 16.7 Å². The normalized spacial score (nSPS) is 18.4. The second kappa shape index (κ2) is 9.17. The summed E-state index contributed by atoms with van der Waals surface area (Å²) < 4.78 is 12.9. The molecule has 32 heavy (non-hydrogen) atoms. The van der Waals surface area contributed by atoms with Gasteiger partial charge in [-0.15, -0.1) is 11.8 Å². The molecular weight excluding hydrogens is 426 g/mol. The van der Waals surface area contributed by atoms with Gasteiger partial charge in [-0.2, -0.15) is 5.10 Å². The molecule has 8 heteroatoms. The van der Waals surface area contributed by atoms with Crippen LogP contribution in [0.4, 0.5) is 4.79 Å². The Hall–Kier alpha value is -2.48. The second-order valence-corrected chi connectivity index (χ2v) is 10.2. The summed E-state index contributed by atoms with van der Waals surface area (Å²) in [6.45, 7) is 9.03. The highest BCUT2D eigenvalue weighted by molar-refractivity contribution is 7.98. The number of fused-ring (bicyclic) bond motifs is 3. The SMILES string of the molecule is CCOC(=O)c1nn(C2CCCN(C(=O)OC(C)(C)C)CC2)c2c1CSc1ccccc1-2. The van der Waals surface area contributed by atoms with Crippen molar-refractivity contribution in [2.75, 3.05) is 19.7 Å². The van der Waals surface area contributed by atoms with Gasteiger partial charge in [0.15, 0.2) is 5.69 Å². The third-order valence-electron chi connectivity index (χ3n) is 5.69. The van der Waals surface area contributed by atoms with Gasteiger partial charge in [0, 0.05) is 34.9 Å². The minimum atomic E-state index is -0.514. The van der Waals surface area contributed by atoms with Gasteiger partial charge in [0.1, 0.15) is 5.60 Å². The largest absolute Gasteiger partial charge is 0.461 e. The zero-order valence-corrected chi connectivity index (χ0v) is 20.0. The molecular formula is C24H31N3O4S. The molecule has 0 saturated carbocycles. The maximum absolute atomic E-state index is 12.7. The van der Waals surface area contributed by atoms with Crippen molar-refractivity contribution in [1.29, 1.82) is 0 Å². The van der Waals surface area contributed by atoms with E-state index in [4.69, 9.17) is 14.6 Å². The fraction of sp³-hybridized carbons (Fsp3) is 0.542. The third kappa shape index (κ3) is 4.65. The Morgan fingerprint density at radius 2 is 1.97 bits per heavy atom. The van der Waals surface area contributed by atoms with E-state index in [0.717, 1.165) is 36.1 Å². The minimum Gasteiger partial charge on any atom is -0.461 e. The summed E-state index contributed by atoms with van der Waals surface area (Å²) in [6.07, 6.45) is 2.22. The Bertz CT molecular complexity index is 1010. The highest BCUT2D eigenvalue weighted by Crippen LogP contribution is 2.44. The van der Waals surface area contributed by atoms with Gasteiger partial charge in [-0.05, 0) is 53.0 Å². The van der Waals surface area contributed by atoms with Crippen LogP contribution in [0.5, 0.6) is 0 Å². The fourth-order valence-corrected chi connectivity index (χ4v) is 5.36.